The highest BCUT2D eigenvalue weighted by Crippen LogP contribution is 2.24. The maximum absolute atomic E-state index is 12.9. The summed E-state index contributed by atoms with van der Waals surface area (Å²) in [5.74, 6) is 1.40. The Morgan fingerprint density at radius 2 is 1.79 bits per heavy atom. The molecule has 3 aromatic rings. The molecule has 0 heterocycles. The lowest BCUT2D eigenvalue weighted by atomic mass is 10.1. The van der Waals surface area contributed by atoms with E-state index in [9.17, 15) is 4.79 Å². The van der Waals surface area contributed by atoms with Gasteiger partial charge >= 0.3 is 0 Å². The van der Waals surface area contributed by atoms with Crippen LogP contribution in [0.25, 0.3) is 0 Å². The number of carbonyl (C=O) groups excluding carboxylic acids is 1. The van der Waals surface area contributed by atoms with Crippen LogP contribution in [0.5, 0.6) is 11.5 Å². The molecule has 3 rings (SSSR count). The van der Waals surface area contributed by atoms with Crippen molar-refractivity contribution in [3.63, 3.8) is 0 Å². The zero-order valence-corrected chi connectivity index (χ0v) is 21.0. The third kappa shape index (κ3) is 8.18. The maximum Gasteiger partial charge on any atom is 0.261 e. The summed E-state index contributed by atoms with van der Waals surface area (Å²) in [6.07, 6.45) is 0.903. The zero-order valence-electron chi connectivity index (χ0n) is 18.6. The molecule has 0 unspecified atom stereocenters. The van der Waals surface area contributed by atoms with E-state index in [2.05, 4.69) is 40.4 Å². The van der Waals surface area contributed by atoms with E-state index in [1.165, 1.54) is 0 Å². The number of hydrogen-bond donors (Lipinski definition) is 2. The molecule has 0 bridgehead atoms. The number of thiocarbonyl (C=S) groups is 1. The van der Waals surface area contributed by atoms with Crippen LogP contribution in [0.4, 0.5) is 5.69 Å². The monoisotopic (exact) mass is 526 g/mol. The molecule has 0 radical (unpaired) electrons. The first-order valence-corrected chi connectivity index (χ1v) is 11.9. The first kappa shape index (κ1) is 24.7. The van der Waals surface area contributed by atoms with Gasteiger partial charge in [-0.1, -0.05) is 66.2 Å². The molecule has 0 aliphatic carbocycles. The molecule has 33 heavy (non-hydrogen) atoms. The van der Waals surface area contributed by atoms with Crippen LogP contribution in [-0.2, 0) is 6.61 Å². The lowest BCUT2D eigenvalue weighted by Crippen LogP contribution is -2.34. The summed E-state index contributed by atoms with van der Waals surface area (Å²) in [6.45, 7) is 5.26. The molecule has 1 amide bonds. The molecule has 0 aliphatic heterocycles. The molecular formula is C26H27BrN2O3S. The van der Waals surface area contributed by atoms with E-state index in [1.807, 2.05) is 60.7 Å². The van der Waals surface area contributed by atoms with Gasteiger partial charge in [-0.3, -0.25) is 10.1 Å². The molecule has 5 nitrogen and oxygen atoms in total. The Balaban J connectivity index is 1.59. The van der Waals surface area contributed by atoms with Crippen molar-refractivity contribution in [1.82, 2.24) is 5.32 Å². The number of nitrogens with one attached hydrogen (secondary N) is 2. The molecule has 0 saturated carbocycles. The Bertz CT molecular complexity index is 1090. The van der Waals surface area contributed by atoms with E-state index in [0.29, 0.717) is 41.9 Å². The molecule has 0 aliphatic rings. The summed E-state index contributed by atoms with van der Waals surface area (Å²) in [6, 6.07) is 22.7. The zero-order chi connectivity index (χ0) is 23.6. The lowest BCUT2D eigenvalue weighted by molar-refractivity contribution is 0.0973. The molecule has 3 aromatic carbocycles. The summed E-state index contributed by atoms with van der Waals surface area (Å²) >= 11 is 8.78. The third-order valence-corrected chi connectivity index (χ3v) is 5.40. The highest BCUT2D eigenvalue weighted by molar-refractivity contribution is 9.10. The largest absolute Gasteiger partial charge is 0.493 e. The van der Waals surface area contributed by atoms with Gasteiger partial charge in [0.15, 0.2) is 5.11 Å². The van der Waals surface area contributed by atoms with Crippen molar-refractivity contribution < 1.29 is 14.3 Å². The molecule has 0 saturated heterocycles. The Kier molecular flexibility index (Phi) is 9.27. The fraction of sp³-hybridized carbons (Fsp3) is 0.231. The van der Waals surface area contributed by atoms with Crippen molar-refractivity contribution in [3.05, 3.63) is 88.4 Å². The van der Waals surface area contributed by atoms with Crippen molar-refractivity contribution in [2.24, 2.45) is 5.92 Å². The highest BCUT2D eigenvalue weighted by atomic mass is 79.9. The number of hydrogen-bond acceptors (Lipinski definition) is 4. The SMILES string of the molecule is CC(C)CCOc1ccc(Br)cc1C(=O)NC(=S)Nc1cccc(OCc2ccccc2)c1. The molecule has 0 fully saturated rings. The van der Waals surface area contributed by atoms with Gasteiger partial charge in [0.2, 0.25) is 0 Å². The number of carbonyl (C=O) groups is 1. The van der Waals surface area contributed by atoms with Crippen LogP contribution < -0.4 is 20.1 Å². The fourth-order valence-corrected chi connectivity index (χ4v) is 3.52. The van der Waals surface area contributed by atoms with Crippen LogP contribution in [0.2, 0.25) is 0 Å². The average molecular weight is 527 g/mol. The van der Waals surface area contributed by atoms with Crippen LogP contribution in [0, 0.1) is 5.92 Å². The number of halogens is 1. The number of benzene rings is 3. The topological polar surface area (TPSA) is 59.6 Å². The summed E-state index contributed by atoms with van der Waals surface area (Å²) in [4.78, 5) is 12.9. The normalized spacial score (nSPS) is 10.5. The van der Waals surface area contributed by atoms with Crippen LogP contribution in [0.15, 0.2) is 77.3 Å². The quantitative estimate of drug-likeness (QED) is 0.308. The number of anilines is 1. The van der Waals surface area contributed by atoms with E-state index in [-0.39, 0.29) is 11.0 Å². The Labute approximate surface area is 208 Å². The van der Waals surface area contributed by atoms with Gasteiger partial charge in [-0.2, -0.15) is 0 Å². The first-order chi connectivity index (χ1) is 15.9. The lowest BCUT2D eigenvalue weighted by Gasteiger charge is -2.14. The van der Waals surface area contributed by atoms with E-state index in [4.69, 9.17) is 21.7 Å². The summed E-state index contributed by atoms with van der Waals surface area (Å²) in [5.41, 5.74) is 2.21. The second kappa shape index (κ2) is 12.4. The second-order valence-corrected chi connectivity index (χ2v) is 9.21. The summed E-state index contributed by atoms with van der Waals surface area (Å²) < 4.78 is 12.5. The van der Waals surface area contributed by atoms with Crippen molar-refractivity contribution in [3.8, 4) is 11.5 Å². The molecule has 0 aromatic heterocycles. The Hall–Kier alpha value is -2.90. The van der Waals surface area contributed by atoms with Gasteiger partial charge in [0.25, 0.3) is 5.91 Å². The molecule has 7 heteroatoms. The van der Waals surface area contributed by atoms with E-state index in [1.54, 1.807) is 12.1 Å². The number of ether oxygens (including phenoxy) is 2. The molecule has 2 N–H and O–H groups in total. The molecule has 0 atom stereocenters. The molecule has 172 valence electrons. The van der Waals surface area contributed by atoms with Gasteiger partial charge in [0.05, 0.1) is 12.2 Å². The van der Waals surface area contributed by atoms with Crippen molar-refractivity contribution >= 4 is 44.9 Å². The van der Waals surface area contributed by atoms with Crippen LogP contribution in [-0.4, -0.2) is 17.6 Å². The third-order valence-electron chi connectivity index (χ3n) is 4.71. The van der Waals surface area contributed by atoms with E-state index >= 15 is 0 Å². The Morgan fingerprint density at radius 1 is 1.00 bits per heavy atom. The van der Waals surface area contributed by atoms with Gasteiger partial charge in [-0.25, -0.2) is 0 Å². The Morgan fingerprint density at radius 3 is 2.55 bits per heavy atom. The van der Waals surface area contributed by atoms with Crippen molar-refractivity contribution in [2.45, 2.75) is 26.9 Å². The summed E-state index contributed by atoms with van der Waals surface area (Å²) in [5, 5.41) is 5.96. The minimum absolute atomic E-state index is 0.188. The van der Waals surface area contributed by atoms with E-state index < -0.39 is 0 Å². The minimum atomic E-state index is -0.343. The van der Waals surface area contributed by atoms with E-state index in [0.717, 1.165) is 16.5 Å². The number of rotatable bonds is 9. The maximum atomic E-state index is 12.9. The van der Waals surface area contributed by atoms with Gasteiger partial charge < -0.3 is 14.8 Å². The highest BCUT2D eigenvalue weighted by Gasteiger charge is 2.15. The predicted octanol–water partition coefficient (Wildman–Crippen LogP) is 6.58. The van der Waals surface area contributed by atoms with Gasteiger partial charge in [0, 0.05) is 16.2 Å². The standard InChI is InChI=1S/C26H27BrN2O3S/c1-18(2)13-14-31-24-12-11-20(27)15-23(24)25(30)29-26(33)28-21-9-6-10-22(16-21)32-17-19-7-4-3-5-8-19/h3-12,15-16,18H,13-14,17H2,1-2H3,(H2,28,29,30,33). The minimum Gasteiger partial charge on any atom is -0.493 e. The van der Waals surface area contributed by atoms with Gasteiger partial charge in [0.1, 0.15) is 18.1 Å². The number of amides is 1. The van der Waals surface area contributed by atoms with Crippen molar-refractivity contribution in [2.75, 3.05) is 11.9 Å². The molecule has 0 spiro atoms. The van der Waals surface area contributed by atoms with Crippen LogP contribution in [0.1, 0.15) is 36.2 Å². The molecular weight excluding hydrogens is 500 g/mol. The van der Waals surface area contributed by atoms with Crippen molar-refractivity contribution in [1.29, 1.82) is 0 Å². The smallest absolute Gasteiger partial charge is 0.261 e. The average Bonchev–Trinajstić information content (AvgIpc) is 2.79. The van der Waals surface area contributed by atoms with Gasteiger partial charge in [-0.05, 0) is 60.5 Å². The van der Waals surface area contributed by atoms with Crippen LogP contribution in [0.3, 0.4) is 0 Å². The summed E-state index contributed by atoms with van der Waals surface area (Å²) in [7, 11) is 0. The van der Waals surface area contributed by atoms with Crippen LogP contribution >= 0.6 is 28.1 Å². The predicted molar refractivity (Wildman–Crippen MR) is 140 cm³/mol. The first-order valence-electron chi connectivity index (χ1n) is 10.7. The second-order valence-electron chi connectivity index (χ2n) is 7.88. The fourth-order valence-electron chi connectivity index (χ4n) is 2.95. The van der Waals surface area contributed by atoms with Gasteiger partial charge in [-0.15, -0.1) is 0 Å².